The number of halogens is 4. The van der Waals surface area contributed by atoms with Crippen LogP contribution in [0.5, 0.6) is 0 Å². The van der Waals surface area contributed by atoms with Crippen molar-refractivity contribution in [2.45, 2.75) is 44.5 Å². The summed E-state index contributed by atoms with van der Waals surface area (Å²) in [4.78, 5) is 0. The van der Waals surface area contributed by atoms with Gasteiger partial charge >= 0.3 is 6.18 Å². The Kier molecular flexibility index (Phi) is 4.83. The molecule has 0 aromatic rings. The standard InChI is InChI=1S/C10H17F4N/c11-9(4-1-5-10(12,13)14)8-3-2-6-15-7-8/h8-9,15H,1-7H2. The van der Waals surface area contributed by atoms with Gasteiger partial charge in [0, 0.05) is 18.9 Å². The third kappa shape index (κ3) is 5.35. The minimum absolute atomic E-state index is 0.0336. The molecule has 0 bridgehead atoms. The summed E-state index contributed by atoms with van der Waals surface area (Å²) in [5.41, 5.74) is 0. The van der Waals surface area contributed by atoms with Crippen LogP contribution < -0.4 is 5.32 Å². The van der Waals surface area contributed by atoms with Gasteiger partial charge in [0.1, 0.15) is 6.17 Å². The van der Waals surface area contributed by atoms with E-state index < -0.39 is 18.8 Å². The van der Waals surface area contributed by atoms with Crippen LogP contribution >= 0.6 is 0 Å². The van der Waals surface area contributed by atoms with Gasteiger partial charge in [-0.1, -0.05) is 0 Å². The molecule has 1 aliphatic rings. The molecule has 0 radical (unpaired) electrons. The largest absolute Gasteiger partial charge is 0.389 e. The molecule has 1 N–H and O–H groups in total. The van der Waals surface area contributed by atoms with Gasteiger partial charge in [-0.05, 0) is 32.2 Å². The van der Waals surface area contributed by atoms with Gasteiger partial charge in [0.25, 0.3) is 0 Å². The first-order valence-electron chi connectivity index (χ1n) is 5.40. The quantitative estimate of drug-likeness (QED) is 0.728. The highest BCUT2D eigenvalue weighted by Crippen LogP contribution is 2.26. The SMILES string of the molecule is FC(CCCC(F)(F)F)C1CCCNC1. The van der Waals surface area contributed by atoms with Crippen LogP contribution in [0.2, 0.25) is 0 Å². The molecular weight excluding hydrogens is 210 g/mol. The van der Waals surface area contributed by atoms with Gasteiger partial charge in [-0.25, -0.2) is 4.39 Å². The van der Waals surface area contributed by atoms with Gasteiger partial charge in [-0.2, -0.15) is 13.2 Å². The molecule has 1 heterocycles. The Morgan fingerprint density at radius 1 is 1.33 bits per heavy atom. The average molecular weight is 227 g/mol. The van der Waals surface area contributed by atoms with E-state index in [-0.39, 0.29) is 18.8 Å². The van der Waals surface area contributed by atoms with Crippen molar-refractivity contribution in [3.63, 3.8) is 0 Å². The van der Waals surface area contributed by atoms with Crippen LogP contribution in [-0.2, 0) is 0 Å². The molecule has 1 saturated heterocycles. The zero-order valence-corrected chi connectivity index (χ0v) is 8.62. The molecule has 1 fully saturated rings. The maximum Gasteiger partial charge on any atom is 0.389 e. The Bertz CT molecular complexity index is 175. The van der Waals surface area contributed by atoms with Gasteiger partial charge in [-0.3, -0.25) is 0 Å². The Balaban J connectivity index is 2.14. The third-order valence-corrected chi connectivity index (χ3v) is 2.79. The van der Waals surface area contributed by atoms with Crippen molar-refractivity contribution in [3.05, 3.63) is 0 Å². The lowest BCUT2D eigenvalue weighted by Crippen LogP contribution is -2.35. The molecular formula is C10H17F4N. The monoisotopic (exact) mass is 227 g/mol. The minimum Gasteiger partial charge on any atom is -0.316 e. The summed E-state index contributed by atoms with van der Waals surface area (Å²) in [5.74, 6) is -0.0908. The molecule has 90 valence electrons. The summed E-state index contributed by atoms with van der Waals surface area (Å²) in [6, 6.07) is 0. The highest BCUT2D eigenvalue weighted by Gasteiger charge is 2.28. The lowest BCUT2D eigenvalue weighted by atomic mass is 9.92. The van der Waals surface area contributed by atoms with Gasteiger partial charge < -0.3 is 5.32 Å². The van der Waals surface area contributed by atoms with Crippen LogP contribution in [0.4, 0.5) is 17.6 Å². The molecule has 5 heteroatoms. The van der Waals surface area contributed by atoms with E-state index in [2.05, 4.69) is 5.32 Å². The van der Waals surface area contributed by atoms with E-state index in [1.807, 2.05) is 0 Å². The highest BCUT2D eigenvalue weighted by atomic mass is 19.4. The lowest BCUT2D eigenvalue weighted by Gasteiger charge is -2.25. The zero-order chi connectivity index (χ0) is 11.3. The van der Waals surface area contributed by atoms with Crippen LogP contribution in [0.1, 0.15) is 32.1 Å². The second kappa shape index (κ2) is 5.68. The van der Waals surface area contributed by atoms with Crippen LogP contribution in [0.15, 0.2) is 0 Å². The van der Waals surface area contributed by atoms with Gasteiger partial charge in [-0.15, -0.1) is 0 Å². The van der Waals surface area contributed by atoms with E-state index in [4.69, 9.17) is 0 Å². The first-order valence-corrected chi connectivity index (χ1v) is 5.40. The van der Waals surface area contributed by atoms with Gasteiger partial charge in [0.05, 0.1) is 0 Å². The summed E-state index contributed by atoms with van der Waals surface area (Å²) in [6.07, 6.45) is -4.45. The zero-order valence-electron chi connectivity index (χ0n) is 8.62. The smallest absolute Gasteiger partial charge is 0.316 e. The predicted octanol–water partition coefficient (Wildman–Crippen LogP) is 3.06. The Morgan fingerprint density at radius 3 is 2.60 bits per heavy atom. The van der Waals surface area contributed by atoms with E-state index in [0.717, 1.165) is 19.4 Å². The number of hydrogen-bond donors (Lipinski definition) is 1. The molecule has 2 atom stereocenters. The average Bonchev–Trinajstić information content (AvgIpc) is 2.17. The summed E-state index contributed by atoms with van der Waals surface area (Å²) in [6.45, 7) is 1.50. The number of nitrogens with one attached hydrogen (secondary N) is 1. The highest BCUT2D eigenvalue weighted by molar-refractivity contribution is 4.76. The molecule has 0 aromatic heterocycles. The molecule has 0 saturated carbocycles. The summed E-state index contributed by atoms with van der Waals surface area (Å²) < 4.78 is 48.9. The van der Waals surface area contributed by atoms with Gasteiger partial charge in [0.2, 0.25) is 0 Å². The third-order valence-electron chi connectivity index (χ3n) is 2.79. The van der Waals surface area contributed by atoms with Crippen molar-refractivity contribution in [2.75, 3.05) is 13.1 Å². The van der Waals surface area contributed by atoms with Crippen molar-refractivity contribution >= 4 is 0 Å². The predicted molar refractivity (Wildman–Crippen MR) is 50.4 cm³/mol. The molecule has 0 aliphatic carbocycles. The molecule has 1 aliphatic heterocycles. The van der Waals surface area contributed by atoms with Crippen molar-refractivity contribution < 1.29 is 17.6 Å². The van der Waals surface area contributed by atoms with Crippen LogP contribution in [0, 0.1) is 5.92 Å². The van der Waals surface area contributed by atoms with Crippen LogP contribution in [0.3, 0.4) is 0 Å². The number of piperidine rings is 1. The molecule has 0 amide bonds. The fraction of sp³-hybridized carbons (Fsp3) is 1.00. The van der Waals surface area contributed by atoms with E-state index in [1.165, 1.54) is 0 Å². The van der Waals surface area contributed by atoms with Gasteiger partial charge in [0.15, 0.2) is 0 Å². The van der Waals surface area contributed by atoms with E-state index in [9.17, 15) is 17.6 Å². The molecule has 15 heavy (non-hydrogen) atoms. The summed E-state index contributed by atoms with van der Waals surface area (Å²) in [5, 5.41) is 3.06. The second-order valence-electron chi connectivity index (χ2n) is 4.13. The first-order chi connectivity index (χ1) is 6.99. The maximum absolute atomic E-state index is 13.5. The first kappa shape index (κ1) is 12.7. The van der Waals surface area contributed by atoms with Crippen molar-refractivity contribution in [2.24, 2.45) is 5.92 Å². The van der Waals surface area contributed by atoms with E-state index in [1.54, 1.807) is 0 Å². The van der Waals surface area contributed by atoms with Crippen molar-refractivity contribution in [1.29, 1.82) is 0 Å². The fourth-order valence-electron chi connectivity index (χ4n) is 1.92. The fourth-order valence-corrected chi connectivity index (χ4v) is 1.92. The lowest BCUT2D eigenvalue weighted by molar-refractivity contribution is -0.136. The maximum atomic E-state index is 13.5. The van der Waals surface area contributed by atoms with Crippen LogP contribution in [0.25, 0.3) is 0 Å². The second-order valence-corrected chi connectivity index (χ2v) is 4.13. The molecule has 1 rings (SSSR count). The number of alkyl halides is 4. The van der Waals surface area contributed by atoms with Crippen molar-refractivity contribution in [3.8, 4) is 0 Å². The van der Waals surface area contributed by atoms with E-state index in [0.29, 0.717) is 6.54 Å². The topological polar surface area (TPSA) is 12.0 Å². The Morgan fingerprint density at radius 2 is 2.07 bits per heavy atom. The summed E-state index contributed by atoms with van der Waals surface area (Å²) >= 11 is 0. The minimum atomic E-state index is -4.15. The molecule has 2 unspecified atom stereocenters. The van der Waals surface area contributed by atoms with Crippen LogP contribution in [-0.4, -0.2) is 25.4 Å². The molecule has 0 aromatic carbocycles. The Hall–Kier alpha value is -0.320. The summed E-state index contributed by atoms with van der Waals surface area (Å²) in [7, 11) is 0. The number of hydrogen-bond acceptors (Lipinski definition) is 1. The molecule has 1 nitrogen and oxygen atoms in total. The Labute approximate surface area is 87.2 Å². The van der Waals surface area contributed by atoms with E-state index >= 15 is 0 Å². The normalized spacial score (nSPS) is 25.2. The van der Waals surface area contributed by atoms with Crippen molar-refractivity contribution in [1.82, 2.24) is 5.32 Å². The number of rotatable bonds is 4. The molecule has 0 spiro atoms.